The van der Waals surface area contributed by atoms with E-state index in [-0.39, 0.29) is 17.8 Å². The Morgan fingerprint density at radius 2 is 1.85 bits per heavy atom. The number of alkyl halides is 1. The molecule has 1 aliphatic carbocycles. The second-order valence-corrected chi connectivity index (χ2v) is 9.71. The maximum absolute atomic E-state index is 13.9. The fourth-order valence-electron chi connectivity index (χ4n) is 4.73. The Morgan fingerprint density at radius 1 is 1.08 bits per heavy atom. The topological polar surface area (TPSA) is 93.3 Å². The molecule has 0 saturated heterocycles. The van der Waals surface area contributed by atoms with E-state index in [0.29, 0.717) is 23.3 Å². The minimum atomic E-state index is -0.897. The lowest BCUT2D eigenvalue weighted by Gasteiger charge is -2.15. The number of anilines is 1. The molecule has 1 aliphatic rings. The zero-order valence-electron chi connectivity index (χ0n) is 21.2. The molecule has 2 N–H and O–H groups in total. The van der Waals surface area contributed by atoms with Gasteiger partial charge in [0.15, 0.2) is 5.65 Å². The van der Waals surface area contributed by atoms with E-state index in [1.807, 2.05) is 41.8 Å². The Morgan fingerprint density at radius 3 is 2.56 bits per heavy atom. The molecule has 10 heteroatoms. The SMILES string of the molecule is CCn1cc(C(=O)N[C@@H](CF)c2ccc(F)cc2)c2cc(-c3ccn4nc(NC(=O)C5CC5)nc4c3)ccc21. The summed E-state index contributed by atoms with van der Waals surface area (Å²) < 4.78 is 30.8. The van der Waals surface area contributed by atoms with Gasteiger partial charge in [-0.25, -0.2) is 13.3 Å². The van der Waals surface area contributed by atoms with Crippen LogP contribution >= 0.6 is 0 Å². The third-order valence-electron chi connectivity index (χ3n) is 7.05. The van der Waals surface area contributed by atoms with Crippen LogP contribution in [0.1, 0.15) is 41.7 Å². The number of nitrogens with zero attached hydrogens (tertiary/aromatic N) is 4. The van der Waals surface area contributed by atoms with Gasteiger partial charge in [-0.05, 0) is 72.9 Å². The molecule has 0 aliphatic heterocycles. The summed E-state index contributed by atoms with van der Waals surface area (Å²) in [7, 11) is 0. The fraction of sp³-hybridized carbons (Fsp3) is 0.241. The average molecular weight is 529 g/mol. The van der Waals surface area contributed by atoms with Crippen LogP contribution in [-0.4, -0.2) is 37.7 Å². The first-order valence-electron chi connectivity index (χ1n) is 12.9. The molecule has 0 radical (unpaired) electrons. The van der Waals surface area contributed by atoms with E-state index in [1.54, 1.807) is 16.9 Å². The van der Waals surface area contributed by atoms with E-state index in [0.717, 1.165) is 34.9 Å². The van der Waals surface area contributed by atoms with Crippen LogP contribution in [0, 0.1) is 11.7 Å². The van der Waals surface area contributed by atoms with Crippen LogP contribution in [0.2, 0.25) is 0 Å². The number of benzene rings is 2. The summed E-state index contributed by atoms with van der Waals surface area (Å²) in [5, 5.41) is 10.6. The summed E-state index contributed by atoms with van der Waals surface area (Å²) in [5.74, 6) is -0.582. The summed E-state index contributed by atoms with van der Waals surface area (Å²) >= 11 is 0. The van der Waals surface area contributed by atoms with Crippen molar-refractivity contribution in [2.24, 2.45) is 5.92 Å². The highest BCUT2D eigenvalue weighted by molar-refractivity contribution is 6.08. The predicted octanol–water partition coefficient (Wildman–Crippen LogP) is 5.30. The molecule has 3 heterocycles. The molecule has 2 aromatic carbocycles. The molecule has 8 nitrogen and oxygen atoms in total. The Labute approximate surface area is 222 Å². The van der Waals surface area contributed by atoms with Crippen molar-refractivity contribution in [1.82, 2.24) is 24.5 Å². The Kier molecular flexibility index (Phi) is 6.30. The fourth-order valence-corrected chi connectivity index (χ4v) is 4.73. The quantitative estimate of drug-likeness (QED) is 0.286. The first kappa shape index (κ1) is 24.7. The maximum atomic E-state index is 13.9. The molecule has 198 valence electrons. The van der Waals surface area contributed by atoms with Crippen LogP contribution in [0.25, 0.3) is 27.7 Å². The minimum Gasteiger partial charge on any atom is -0.347 e. The molecule has 1 atom stereocenters. The van der Waals surface area contributed by atoms with Crippen molar-refractivity contribution in [3.63, 3.8) is 0 Å². The van der Waals surface area contributed by atoms with E-state index in [1.165, 1.54) is 24.3 Å². The molecule has 0 spiro atoms. The number of halogens is 2. The zero-order chi connectivity index (χ0) is 27.1. The van der Waals surface area contributed by atoms with Gasteiger partial charge >= 0.3 is 0 Å². The Bertz CT molecular complexity index is 1700. The van der Waals surface area contributed by atoms with Crippen molar-refractivity contribution in [3.8, 4) is 11.1 Å². The second kappa shape index (κ2) is 9.94. The van der Waals surface area contributed by atoms with Gasteiger partial charge in [-0.3, -0.25) is 14.9 Å². The summed E-state index contributed by atoms with van der Waals surface area (Å²) in [6, 6.07) is 14.1. The lowest BCUT2D eigenvalue weighted by atomic mass is 10.0. The second-order valence-electron chi connectivity index (χ2n) is 9.71. The highest BCUT2D eigenvalue weighted by Gasteiger charge is 2.30. The standard InChI is InChI=1S/C29H26F2N6O2/c1-2-36-16-23(28(39)32-24(15-30)17-5-8-21(31)9-6-17)22-13-19(7-10-25(22)36)20-11-12-37-26(14-20)33-29(35-37)34-27(38)18-3-4-18/h5-14,16,18,24H,2-4,15H2,1H3,(H,32,39)(H,34,35,38)/t24-/m0/s1. The first-order valence-corrected chi connectivity index (χ1v) is 12.9. The third-order valence-corrected chi connectivity index (χ3v) is 7.05. The van der Waals surface area contributed by atoms with E-state index in [2.05, 4.69) is 20.7 Å². The van der Waals surface area contributed by atoms with Gasteiger partial charge in [0.1, 0.15) is 12.5 Å². The number of fused-ring (bicyclic) bond motifs is 2. The van der Waals surface area contributed by atoms with Gasteiger partial charge in [0.05, 0.1) is 11.6 Å². The van der Waals surface area contributed by atoms with Crippen LogP contribution in [0.4, 0.5) is 14.7 Å². The van der Waals surface area contributed by atoms with E-state index < -0.39 is 24.4 Å². The van der Waals surface area contributed by atoms with Crippen LogP contribution in [0.15, 0.2) is 67.0 Å². The number of pyridine rings is 1. The number of carbonyl (C=O) groups excluding carboxylic acids is 2. The van der Waals surface area contributed by atoms with Gasteiger partial charge < -0.3 is 9.88 Å². The molecule has 1 saturated carbocycles. The van der Waals surface area contributed by atoms with Gasteiger partial charge in [-0.2, -0.15) is 4.98 Å². The molecular formula is C29H26F2N6O2. The van der Waals surface area contributed by atoms with Crippen molar-refractivity contribution >= 4 is 34.3 Å². The van der Waals surface area contributed by atoms with Gasteiger partial charge in [-0.1, -0.05) is 18.2 Å². The number of hydrogen-bond donors (Lipinski definition) is 2. The number of amides is 2. The van der Waals surface area contributed by atoms with Crippen molar-refractivity contribution in [2.75, 3.05) is 12.0 Å². The number of aromatic nitrogens is 4. The number of aryl methyl sites for hydroxylation is 1. The monoisotopic (exact) mass is 528 g/mol. The highest BCUT2D eigenvalue weighted by Crippen LogP contribution is 2.31. The van der Waals surface area contributed by atoms with Gasteiger partial charge in [0.25, 0.3) is 5.91 Å². The number of carbonyl (C=O) groups is 2. The van der Waals surface area contributed by atoms with E-state index >= 15 is 0 Å². The number of hydrogen-bond acceptors (Lipinski definition) is 4. The molecule has 1 fully saturated rings. The van der Waals surface area contributed by atoms with Crippen molar-refractivity contribution in [2.45, 2.75) is 32.4 Å². The summed E-state index contributed by atoms with van der Waals surface area (Å²) in [5.41, 5.74) is 4.08. The maximum Gasteiger partial charge on any atom is 0.254 e. The van der Waals surface area contributed by atoms with Gasteiger partial charge in [0.2, 0.25) is 11.9 Å². The average Bonchev–Trinajstić information content (AvgIpc) is 3.63. The molecule has 0 bridgehead atoms. The van der Waals surface area contributed by atoms with Crippen LogP contribution in [0.3, 0.4) is 0 Å². The Hall–Kier alpha value is -4.60. The zero-order valence-corrected chi connectivity index (χ0v) is 21.2. The summed E-state index contributed by atoms with van der Waals surface area (Å²) in [6.45, 7) is 1.81. The first-order chi connectivity index (χ1) is 18.9. The lowest BCUT2D eigenvalue weighted by Crippen LogP contribution is -2.29. The molecule has 0 unspecified atom stereocenters. The molecule has 39 heavy (non-hydrogen) atoms. The van der Waals surface area contributed by atoms with Crippen LogP contribution in [-0.2, 0) is 11.3 Å². The largest absolute Gasteiger partial charge is 0.347 e. The van der Waals surface area contributed by atoms with Gasteiger partial charge in [-0.15, -0.1) is 5.10 Å². The van der Waals surface area contributed by atoms with Gasteiger partial charge in [0, 0.05) is 35.8 Å². The normalized spacial score (nSPS) is 14.0. The highest BCUT2D eigenvalue weighted by atomic mass is 19.1. The van der Waals surface area contributed by atoms with Crippen molar-refractivity contribution in [1.29, 1.82) is 0 Å². The van der Waals surface area contributed by atoms with Crippen LogP contribution < -0.4 is 10.6 Å². The smallest absolute Gasteiger partial charge is 0.254 e. The van der Waals surface area contributed by atoms with E-state index in [9.17, 15) is 18.4 Å². The molecule has 2 amide bonds. The molecule has 3 aromatic heterocycles. The Balaban J connectivity index is 1.31. The number of nitrogens with one attached hydrogen (secondary N) is 2. The van der Waals surface area contributed by atoms with E-state index in [4.69, 9.17) is 0 Å². The third kappa shape index (κ3) is 4.85. The number of rotatable bonds is 8. The molecular weight excluding hydrogens is 502 g/mol. The van der Waals surface area contributed by atoms with Crippen molar-refractivity contribution in [3.05, 3.63) is 83.9 Å². The van der Waals surface area contributed by atoms with Crippen LogP contribution in [0.5, 0.6) is 0 Å². The summed E-state index contributed by atoms with van der Waals surface area (Å²) in [4.78, 5) is 29.9. The summed E-state index contributed by atoms with van der Waals surface area (Å²) in [6.07, 6.45) is 5.33. The predicted molar refractivity (Wildman–Crippen MR) is 144 cm³/mol. The molecule has 6 rings (SSSR count). The lowest BCUT2D eigenvalue weighted by molar-refractivity contribution is -0.117. The minimum absolute atomic E-state index is 0.0524. The van der Waals surface area contributed by atoms with Crippen molar-refractivity contribution < 1.29 is 18.4 Å². The molecule has 5 aromatic rings.